The summed E-state index contributed by atoms with van der Waals surface area (Å²) in [5.74, 6) is 0. The van der Waals surface area contributed by atoms with E-state index in [2.05, 4.69) is 0 Å². The molecule has 12 nitrogen and oxygen atoms in total. The predicted octanol–water partition coefficient (Wildman–Crippen LogP) is 3.59. The van der Waals surface area contributed by atoms with E-state index >= 15 is 0 Å². The molecule has 0 amide bonds. The molecular formula is C28H28MoO12S4. The van der Waals surface area contributed by atoms with E-state index in [1.807, 2.05) is 27.7 Å². The molecule has 0 bridgehead atoms. The van der Waals surface area contributed by atoms with E-state index in [1.54, 1.807) is 48.5 Å². The van der Waals surface area contributed by atoms with Crippen molar-refractivity contribution in [2.45, 2.75) is 47.3 Å². The van der Waals surface area contributed by atoms with Crippen LogP contribution in [-0.2, 0) is 61.5 Å². The Hall–Kier alpha value is -2.79. The molecule has 0 heterocycles. The molecule has 0 saturated heterocycles. The molecule has 0 atom stereocenters. The Morgan fingerprint density at radius 3 is 0.511 bits per heavy atom. The van der Waals surface area contributed by atoms with Gasteiger partial charge in [0.1, 0.15) is 40.5 Å². The summed E-state index contributed by atoms with van der Waals surface area (Å²) in [6.45, 7) is 7.28. The van der Waals surface area contributed by atoms with Crippen LogP contribution in [0.15, 0.2) is 117 Å². The van der Waals surface area contributed by atoms with Crippen LogP contribution in [0.2, 0.25) is 0 Å². The molecule has 0 aliphatic rings. The first-order chi connectivity index (χ1) is 20.0. The van der Waals surface area contributed by atoms with Gasteiger partial charge in [-0.25, -0.2) is 33.7 Å². The van der Waals surface area contributed by atoms with E-state index in [1.165, 1.54) is 48.5 Å². The van der Waals surface area contributed by atoms with E-state index in [0.717, 1.165) is 22.3 Å². The summed E-state index contributed by atoms with van der Waals surface area (Å²) < 4.78 is 125. The van der Waals surface area contributed by atoms with Gasteiger partial charge in [-0.2, -0.15) is 0 Å². The SMILES string of the molecule is Cc1ccc(S(=O)(=O)[O-])cc1.Cc1ccc(S(=O)(=O)[O-])cc1.Cc1ccc(S(=O)(=O)[O-])cc1.Cc1ccc(S(=O)(=O)[O-])cc1.[Mo+4]. The molecule has 0 saturated carbocycles. The predicted molar refractivity (Wildman–Crippen MR) is 157 cm³/mol. The number of hydrogen-bond acceptors (Lipinski definition) is 12. The Morgan fingerprint density at radius 2 is 0.422 bits per heavy atom. The third-order valence-electron chi connectivity index (χ3n) is 5.24. The quantitative estimate of drug-likeness (QED) is 0.214. The Kier molecular flexibility index (Phi) is 16.7. The summed E-state index contributed by atoms with van der Waals surface area (Å²) in [6, 6.07) is 23.1. The summed E-state index contributed by atoms with van der Waals surface area (Å²) in [4.78, 5) is -0.711. The second kappa shape index (κ2) is 17.8. The topological polar surface area (TPSA) is 229 Å². The van der Waals surface area contributed by atoms with Crippen LogP contribution in [0.3, 0.4) is 0 Å². The van der Waals surface area contributed by atoms with Crippen LogP contribution < -0.4 is 0 Å². The van der Waals surface area contributed by atoms with Gasteiger partial charge in [0.15, 0.2) is 0 Å². The van der Waals surface area contributed by atoms with E-state index in [9.17, 15) is 51.9 Å². The van der Waals surface area contributed by atoms with Gasteiger partial charge in [0.25, 0.3) is 0 Å². The Morgan fingerprint density at radius 1 is 0.311 bits per heavy atom. The fraction of sp³-hybridized carbons (Fsp3) is 0.143. The normalized spacial score (nSPS) is 11.2. The average Bonchev–Trinajstić information content (AvgIpc) is 2.89. The van der Waals surface area contributed by atoms with Crippen molar-refractivity contribution in [1.82, 2.24) is 0 Å². The molecule has 0 aromatic heterocycles. The molecule has 0 spiro atoms. The number of benzene rings is 4. The molecule has 17 heteroatoms. The van der Waals surface area contributed by atoms with Crippen LogP contribution in [0.5, 0.6) is 0 Å². The second-order valence-corrected chi connectivity index (χ2v) is 14.6. The van der Waals surface area contributed by atoms with Gasteiger partial charge in [0.05, 0.1) is 19.6 Å². The second-order valence-electron chi connectivity index (χ2n) is 9.07. The monoisotopic (exact) mass is 782 g/mol. The standard InChI is InChI=1S/4C7H8O3S.Mo/c4*1-6-2-4-7(5-3-6)11(8,9)10;/h4*2-5H,1H3,(H,8,9,10);/q;;;;+4/p-4. The van der Waals surface area contributed by atoms with E-state index in [-0.39, 0.29) is 40.6 Å². The van der Waals surface area contributed by atoms with Crippen LogP contribution in [0.4, 0.5) is 0 Å². The average molecular weight is 781 g/mol. The van der Waals surface area contributed by atoms with Crippen molar-refractivity contribution in [3.05, 3.63) is 119 Å². The zero-order valence-corrected chi connectivity index (χ0v) is 29.5. The Bertz CT molecular complexity index is 1650. The van der Waals surface area contributed by atoms with Crippen LogP contribution in [0, 0.1) is 27.7 Å². The molecule has 0 aliphatic heterocycles. The van der Waals surface area contributed by atoms with Crippen molar-refractivity contribution in [2.75, 3.05) is 0 Å². The molecule has 4 rings (SSSR count). The number of aryl methyl sites for hydroxylation is 4. The Balaban J connectivity index is 0.000000569. The van der Waals surface area contributed by atoms with Crippen molar-refractivity contribution >= 4 is 40.5 Å². The summed E-state index contributed by atoms with van der Waals surface area (Å²) in [5, 5.41) is 0. The minimum Gasteiger partial charge on any atom is -0.744 e. The van der Waals surface area contributed by atoms with Crippen LogP contribution >= 0.6 is 0 Å². The van der Waals surface area contributed by atoms with Gasteiger partial charge in [0.2, 0.25) is 0 Å². The van der Waals surface area contributed by atoms with Crippen molar-refractivity contribution in [2.24, 2.45) is 0 Å². The fourth-order valence-electron chi connectivity index (χ4n) is 2.82. The molecule has 242 valence electrons. The fourth-order valence-corrected chi connectivity index (χ4v) is 4.70. The van der Waals surface area contributed by atoms with E-state index in [0.29, 0.717) is 0 Å². The molecule has 0 radical (unpaired) electrons. The molecule has 45 heavy (non-hydrogen) atoms. The minimum atomic E-state index is -4.27. The van der Waals surface area contributed by atoms with Crippen molar-refractivity contribution in [1.29, 1.82) is 0 Å². The van der Waals surface area contributed by atoms with Gasteiger partial charge >= 0.3 is 21.1 Å². The summed E-state index contributed by atoms with van der Waals surface area (Å²) >= 11 is 0. The number of hydrogen-bond donors (Lipinski definition) is 0. The minimum absolute atomic E-state index is 0. The first-order valence-electron chi connectivity index (χ1n) is 12.1. The Labute approximate surface area is 278 Å². The molecule has 4 aromatic carbocycles. The van der Waals surface area contributed by atoms with Gasteiger partial charge in [0, 0.05) is 0 Å². The van der Waals surface area contributed by atoms with Gasteiger partial charge in [-0.05, 0) is 76.2 Å². The van der Waals surface area contributed by atoms with Crippen molar-refractivity contribution in [3.8, 4) is 0 Å². The smallest absolute Gasteiger partial charge is 0.744 e. The first kappa shape index (κ1) is 42.2. The maximum atomic E-state index is 10.4. The van der Waals surface area contributed by atoms with Crippen LogP contribution in [0.25, 0.3) is 0 Å². The number of rotatable bonds is 4. The van der Waals surface area contributed by atoms with E-state index < -0.39 is 40.5 Å². The van der Waals surface area contributed by atoms with Crippen molar-refractivity contribution < 1.29 is 72.9 Å². The molecule has 0 fully saturated rings. The van der Waals surface area contributed by atoms with Crippen LogP contribution in [0.1, 0.15) is 22.3 Å². The van der Waals surface area contributed by atoms with Crippen LogP contribution in [-0.4, -0.2) is 51.9 Å². The third kappa shape index (κ3) is 16.9. The molecule has 4 aromatic rings. The summed E-state index contributed by atoms with van der Waals surface area (Å²) in [7, 11) is -17.1. The maximum absolute atomic E-state index is 10.4. The first-order valence-corrected chi connectivity index (χ1v) is 17.7. The van der Waals surface area contributed by atoms with Crippen molar-refractivity contribution in [3.63, 3.8) is 0 Å². The van der Waals surface area contributed by atoms with Gasteiger partial charge in [-0.1, -0.05) is 70.8 Å². The zero-order valence-electron chi connectivity index (χ0n) is 24.2. The van der Waals surface area contributed by atoms with E-state index in [4.69, 9.17) is 0 Å². The van der Waals surface area contributed by atoms with Gasteiger partial charge in [-0.3, -0.25) is 0 Å². The third-order valence-corrected chi connectivity index (χ3v) is 8.64. The zero-order chi connectivity index (χ0) is 33.9. The molecule has 0 N–H and O–H groups in total. The summed E-state index contributed by atoms with van der Waals surface area (Å²) in [5.41, 5.74) is 3.71. The van der Waals surface area contributed by atoms with Gasteiger partial charge in [-0.15, -0.1) is 0 Å². The maximum Gasteiger partial charge on any atom is 4.00 e. The summed E-state index contributed by atoms with van der Waals surface area (Å²) in [6.07, 6.45) is 0. The molecular weight excluding hydrogens is 753 g/mol. The largest absolute Gasteiger partial charge is 4.00 e. The van der Waals surface area contributed by atoms with Gasteiger partial charge < -0.3 is 18.2 Å². The molecule has 0 aliphatic carbocycles. The molecule has 0 unspecified atom stereocenters.